The molecule has 0 aromatic rings. The lowest BCUT2D eigenvalue weighted by Gasteiger charge is -2.41. The third kappa shape index (κ3) is 2.68. The molecule has 0 radical (unpaired) electrons. The van der Waals surface area contributed by atoms with Crippen LogP contribution in [0, 0.1) is 11.3 Å². The topological polar surface area (TPSA) is 46.2 Å². The molecule has 0 aromatic heterocycles. The Labute approximate surface area is 81.5 Å². The molecular formula is C11H23NO. The fourth-order valence-corrected chi connectivity index (χ4v) is 2.61. The number of rotatable bonds is 3. The molecule has 78 valence electrons. The van der Waals surface area contributed by atoms with Crippen LogP contribution >= 0.6 is 0 Å². The summed E-state index contributed by atoms with van der Waals surface area (Å²) in [7, 11) is 0. The van der Waals surface area contributed by atoms with Crippen LogP contribution in [-0.2, 0) is 0 Å². The molecule has 2 atom stereocenters. The van der Waals surface area contributed by atoms with Crippen molar-refractivity contribution in [2.75, 3.05) is 6.54 Å². The van der Waals surface area contributed by atoms with Crippen molar-refractivity contribution in [1.82, 2.24) is 0 Å². The van der Waals surface area contributed by atoms with Gasteiger partial charge >= 0.3 is 0 Å². The highest BCUT2D eigenvalue weighted by atomic mass is 16.3. The minimum Gasteiger partial charge on any atom is -0.393 e. The molecule has 1 saturated carbocycles. The Hall–Kier alpha value is -0.0800. The largest absolute Gasteiger partial charge is 0.393 e. The predicted molar refractivity (Wildman–Crippen MR) is 55.4 cm³/mol. The zero-order valence-corrected chi connectivity index (χ0v) is 8.92. The third-order valence-electron chi connectivity index (χ3n) is 3.52. The summed E-state index contributed by atoms with van der Waals surface area (Å²) in [6.07, 6.45) is 5.59. The maximum absolute atomic E-state index is 9.93. The van der Waals surface area contributed by atoms with Crippen molar-refractivity contribution in [3.05, 3.63) is 0 Å². The molecule has 0 bridgehead atoms. The Morgan fingerprint density at radius 2 is 2.15 bits per heavy atom. The lowest BCUT2D eigenvalue weighted by molar-refractivity contribution is 0.00224. The van der Waals surface area contributed by atoms with Crippen LogP contribution in [-0.4, -0.2) is 17.8 Å². The molecule has 0 spiro atoms. The van der Waals surface area contributed by atoms with E-state index in [1.54, 1.807) is 0 Å². The van der Waals surface area contributed by atoms with Crippen LogP contribution in [0.2, 0.25) is 0 Å². The van der Waals surface area contributed by atoms with Crippen LogP contribution in [0.4, 0.5) is 0 Å². The van der Waals surface area contributed by atoms with Gasteiger partial charge in [-0.3, -0.25) is 0 Å². The maximum Gasteiger partial charge on any atom is 0.0585 e. The van der Waals surface area contributed by atoms with Gasteiger partial charge in [0.25, 0.3) is 0 Å². The summed E-state index contributed by atoms with van der Waals surface area (Å²) >= 11 is 0. The normalized spacial score (nSPS) is 30.0. The Balaban J connectivity index is 2.54. The first kappa shape index (κ1) is 11.0. The lowest BCUT2D eigenvalue weighted by Crippen LogP contribution is -2.37. The minimum absolute atomic E-state index is 0.180. The SMILES string of the molecule is CC1(C)CCCCC1C(O)CCN. The second-order valence-corrected chi connectivity index (χ2v) is 4.99. The van der Waals surface area contributed by atoms with Gasteiger partial charge in [-0.2, -0.15) is 0 Å². The molecule has 1 aliphatic carbocycles. The van der Waals surface area contributed by atoms with Crippen molar-refractivity contribution < 1.29 is 5.11 Å². The smallest absolute Gasteiger partial charge is 0.0585 e. The molecular weight excluding hydrogens is 162 g/mol. The average Bonchev–Trinajstić information content (AvgIpc) is 2.03. The van der Waals surface area contributed by atoms with Gasteiger partial charge in [-0.1, -0.05) is 26.7 Å². The van der Waals surface area contributed by atoms with Gasteiger partial charge in [0.15, 0.2) is 0 Å². The standard InChI is InChI=1S/C11H23NO/c1-11(2)7-4-3-5-9(11)10(13)6-8-12/h9-10,13H,3-8,12H2,1-2H3. The summed E-state index contributed by atoms with van der Waals surface area (Å²) in [6, 6.07) is 0. The van der Waals surface area contributed by atoms with Gasteiger partial charge < -0.3 is 10.8 Å². The second-order valence-electron chi connectivity index (χ2n) is 4.99. The fourth-order valence-electron chi connectivity index (χ4n) is 2.61. The molecule has 1 rings (SSSR count). The third-order valence-corrected chi connectivity index (χ3v) is 3.52. The maximum atomic E-state index is 9.93. The van der Waals surface area contributed by atoms with Crippen molar-refractivity contribution in [2.45, 2.75) is 52.1 Å². The number of hydrogen-bond donors (Lipinski definition) is 2. The second kappa shape index (κ2) is 4.43. The van der Waals surface area contributed by atoms with Gasteiger partial charge in [0.1, 0.15) is 0 Å². The van der Waals surface area contributed by atoms with E-state index in [0.29, 0.717) is 17.9 Å². The molecule has 0 aliphatic heterocycles. The molecule has 0 heterocycles. The summed E-state index contributed by atoms with van der Waals surface area (Å²) in [6.45, 7) is 5.15. The summed E-state index contributed by atoms with van der Waals surface area (Å²) in [5, 5.41) is 9.93. The monoisotopic (exact) mass is 185 g/mol. The van der Waals surface area contributed by atoms with Crippen LogP contribution in [0.1, 0.15) is 46.0 Å². The molecule has 13 heavy (non-hydrogen) atoms. The first-order chi connectivity index (χ1) is 6.08. The van der Waals surface area contributed by atoms with Gasteiger partial charge in [0.2, 0.25) is 0 Å². The van der Waals surface area contributed by atoms with E-state index in [9.17, 15) is 5.11 Å². The number of nitrogens with two attached hydrogens (primary N) is 1. The molecule has 2 unspecified atom stereocenters. The Morgan fingerprint density at radius 1 is 1.46 bits per heavy atom. The first-order valence-corrected chi connectivity index (χ1v) is 5.46. The van der Waals surface area contributed by atoms with E-state index in [1.807, 2.05) is 0 Å². The van der Waals surface area contributed by atoms with Crippen LogP contribution in [0.5, 0.6) is 0 Å². The van der Waals surface area contributed by atoms with E-state index in [0.717, 1.165) is 6.42 Å². The molecule has 0 saturated heterocycles. The Bertz CT molecular complexity index is 156. The van der Waals surface area contributed by atoms with E-state index in [-0.39, 0.29) is 6.10 Å². The van der Waals surface area contributed by atoms with Crippen molar-refractivity contribution in [3.8, 4) is 0 Å². The Kier molecular flexibility index (Phi) is 3.74. The van der Waals surface area contributed by atoms with E-state index in [1.165, 1.54) is 25.7 Å². The number of hydrogen-bond acceptors (Lipinski definition) is 2. The quantitative estimate of drug-likeness (QED) is 0.705. The van der Waals surface area contributed by atoms with Crippen molar-refractivity contribution in [2.24, 2.45) is 17.1 Å². The average molecular weight is 185 g/mol. The zero-order valence-electron chi connectivity index (χ0n) is 8.92. The predicted octanol–water partition coefficient (Wildman–Crippen LogP) is 1.91. The van der Waals surface area contributed by atoms with Crippen molar-refractivity contribution in [1.29, 1.82) is 0 Å². The highest BCUT2D eigenvalue weighted by Crippen LogP contribution is 2.42. The number of aliphatic hydroxyl groups excluding tert-OH is 1. The van der Waals surface area contributed by atoms with Crippen molar-refractivity contribution >= 4 is 0 Å². The highest BCUT2D eigenvalue weighted by molar-refractivity contribution is 4.86. The van der Waals surface area contributed by atoms with Crippen LogP contribution in [0.3, 0.4) is 0 Å². The van der Waals surface area contributed by atoms with E-state index in [4.69, 9.17) is 5.73 Å². The lowest BCUT2D eigenvalue weighted by atomic mass is 9.66. The molecule has 3 N–H and O–H groups in total. The summed E-state index contributed by atoms with van der Waals surface area (Å²) in [5.41, 5.74) is 5.78. The van der Waals surface area contributed by atoms with Crippen molar-refractivity contribution in [3.63, 3.8) is 0 Å². The molecule has 0 amide bonds. The van der Waals surface area contributed by atoms with Gasteiger partial charge in [-0.15, -0.1) is 0 Å². The van der Waals surface area contributed by atoms with Gasteiger partial charge in [-0.25, -0.2) is 0 Å². The molecule has 2 heteroatoms. The zero-order chi connectivity index (χ0) is 9.90. The van der Waals surface area contributed by atoms with Gasteiger partial charge in [-0.05, 0) is 37.1 Å². The Morgan fingerprint density at radius 3 is 2.69 bits per heavy atom. The number of aliphatic hydroxyl groups is 1. The van der Waals surface area contributed by atoms with Crippen LogP contribution in [0.15, 0.2) is 0 Å². The van der Waals surface area contributed by atoms with E-state index < -0.39 is 0 Å². The van der Waals surface area contributed by atoms with E-state index >= 15 is 0 Å². The van der Waals surface area contributed by atoms with Crippen LogP contribution < -0.4 is 5.73 Å². The molecule has 1 fully saturated rings. The van der Waals surface area contributed by atoms with E-state index in [2.05, 4.69) is 13.8 Å². The van der Waals surface area contributed by atoms with Gasteiger partial charge in [0, 0.05) is 0 Å². The fraction of sp³-hybridized carbons (Fsp3) is 1.00. The molecule has 2 nitrogen and oxygen atoms in total. The molecule has 0 aromatic carbocycles. The summed E-state index contributed by atoms with van der Waals surface area (Å²) < 4.78 is 0. The molecule has 1 aliphatic rings. The highest BCUT2D eigenvalue weighted by Gasteiger charge is 2.36. The minimum atomic E-state index is -0.180. The van der Waals surface area contributed by atoms with Gasteiger partial charge in [0.05, 0.1) is 6.10 Å². The summed E-state index contributed by atoms with van der Waals surface area (Å²) in [4.78, 5) is 0. The first-order valence-electron chi connectivity index (χ1n) is 5.46. The van der Waals surface area contributed by atoms with Crippen LogP contribution in [0.25, 0.3) is 0 Å². The summed E-state index contributed by atoms with van der Waals surface area (Å²) in [5.74, 6) is 0.463.